The maximum absolute atomic E-state index is 5.41. The molecule has 3 heteroatoms. The summed E-state index contributed by atoms with van der Waals surface area (Å²) in [4.78, 5) is 1.31. The third-order valence-electron chi connectivity index (χ3n) is 1.74. The zero-order valence-corrected chi connectivity index (χ0v) is 9.35. The molecule has 0 saturated carbocycles. The van der Waals surface area contributed by atoms with E-state index >= 15 is 0 Å². The number of nitrogens with one attached hydrogen (secondary N) is 1. The molecule has 0 saturated heterocycles. The van der Waals surface area contributed by atoms with Crippen molar-refractivity contribution in [3.05, 3.63) is 30.3 Å². The highest BCUT2D eigenvalue weighted by molar-refractivity contribution is 7.99. The van der Waals surface area contributed by atoms with Crippen molar-refractivity contribution in [3.8, 4) is 0 Å². The molecule has 14 heavy (non-hydrogen) atoms. The summed E-state index contributed by atoms with van der Waals surface area (Å²) in [6, 6.07) is 10.4. The lowest BCUT2D eigenvalue weighted by Crippen LogP contribution is -2.15. The molecule has 0 radical (unpaired) electrons. The molecule has 0 atom stereocenters. The molecular weight excluding hydrogens is 194 g/mol. The summed E-state index contributed by atoms with van der Waals surface area (Å²) in [6.45, 7) is 2.54. The van der Waals surface area contributed by atoms with E-state index in [-0.39, 0.29) is 0 Å². The molecule has 78 valence electrons. The smallest absolute Gasteiger partial charge is 0.0591 e. The summed E-state index contributed by atoms with van der Waals surface area (Å²) < 4.78 is 5.41. The minimum Gasteiger partial charge on any atom is -0.379 e. The van der Waals surface area contributed by atoms with Crippen molar-refractivity contribution >= 4 is 11.8 Å². The number of thioether (sulfide) groups is 1. The van der Waals surface area contributed by atoms with Gasteiger partial charge in [-0.3, -0.25) is 0 Å². The minimum atomic E-state index is 0.797. The molecule has 0 aromatic heterocycles. The van der Waals surface area contributed by atoms with Gasteiger partial charge in [0, 0.05) is 17.2 Å². The van der Waals surface area contributed by atoms with Crippen LogP contribution in [0.15, 0.2) is 35.2 Å². The molecule has 0 unspecified atom stereocenters. The van der Waals surface area contributed by atoms with Crippen LogP contribution in [0.1, 0.15) is 0 Å². The van der Waals surface area contributed by atoms with Gasteiger partial charge in [0.15, 0.2) is 0 Å². The van der Waals surface area contributed by atoms with Gasteiger partial charge in [-0.25, -0.2) is 0 Å². The van der Waals surface area contributed by atoms with Crippen molar-refractivity contribution in [2.24, 2.45) is 0 Å². The van der Waals surface area contributed by atoms with Crippen molar-refractivity contribution < 1.29 is 4.74 Å². The van der Waals surface area contributed by atoms with Crippen LogP contribution in [0, 0.1) is 0 Å². The number of likely N-dealkylation sites (N-methyl/N-ethyl adjacent to an activating group) is 1. The lowest BCUT2D eigenvalue weighted by molar-refractivity contribution is 0.153. The number of hydrogen-bond donors (Lipinski definition) is 1. The maximum Gasteiger partial charge on any atom is 0.0591 e. The third-order valence-corrected chi connectivity index (χ3v) is 2.71. The summed E-state index contributed by atoms with van der Waals surface area (Å²) in [7, 11) is 1.93. The van der Waals surface area contributed by atoms with Gasteiger partial charge in [-0.05, 0) is 19.2 Å². The molecule has 0 spiro atoms. The first-order chi connectivity index (χ1) is 6.93. The standard InChI is InChI=1S/C11H17NOS/c1-12-7-8-13-9-10-14-11-5-3-2-4-6-11/h2-6,12H,7-10H2,1H3. The Balaban J connectivity index is 1.99. The normalized spacial score (nSPS) is 10.4. The van der Waals surface area contributed by atoms with E-state index in [1.165, 1.54) is 4.90 Å². The zero-order chi connectivity index (χ0) is 10.1. The fourth-order valence-electron chi connectivity index (χ4n) is 1.01. The topological polar surface area (TPSA) is 21.3 Å². The van der Waals surface area contributed by atoms with Crippen LogP contribution in [0.25, 0.3) is 0 Å². The van der Waals surface area contributed by atoms with Gasteiger partial charge in [0.25, 0.3) is 0 Å². The largest absolute Gasteiger partial charge is 0.379 e. The highest BCUT2D eigenvalue weighted by Crippen LogP contribution is 2.15. The Morgan fingerprint density at radius 2 is 2.00 bits per heavy atom. The van der Waals surface area contributed by atoms with Crippen LogP contribution in [-0.4, -0.2) is 32.6 Å². The summed E-state index contributed by atoms with van der Waals surface area (Å²) in [5.41, 5.74) is 0. The first-order valence-electron chi connectivity index (χ1n) is 4.83. The molecule has 2 nitrogen and oxygen atoms in total. The van der Waals surface area contributed by atoms with E-state index in [9.17, 15) is 0 Å². The van der Waals surface area contributed by atoms with Gasteiger partial charge in [-0.1, -0.05) is 18.2 Å². The summed E-state index contributed by atoms with van der Waals surface area (Å²) in [5.74, 6) is 1.02. The third kappa shape index (κ3) is 5.27. The van der Waals surface area contributed by atoms with Crippen molar-refractivity contribution in [1.29, 1.82) is 0 Å². The Morgan fingerprint density at radius 3 is 2.71 bits per heavy atom. The van der Waals surface area contributed by atoms with Crippen molar-refractivity contribution in [2.45, 2.75) is 4.90 Å². The molecule has 1 N–H and O–H groups in total. The predicted molar refractivity (Wildman–Crippen MR) is 61.9 cm³/mol. The van der Waals surface area contributed by atoms with E-state index in [0.717, 1.165) is 25.5 Å². The molecule has 1 aromatic rings. The quantitative estimate of drug-likeness (QED) is 0.551. The van der Waals surface area contributed by atoms with Crippen LogP contribution in [0.4, 0.5) is 0 Å². The van der Waals surface area contributed by atoms with Crippen molar-refractivity contribution in [1.82, 2.24) is 5.32 Å². The predicted octanol–water partition coefficient (Wildman–Crippen LogP) is 2.01. The van der Waals surface area contributed by atoms with E-state index in [1.54, 1.807) is 0 Å². The molecule has 0 fully saturated rings. The van der Waals surface area contributed by atoms with Crippen LogP contribution < -0.4 is 5.32 Å². The molecule has 0 bridgehead atoms. The van der Waals surface area contributed by atoms with Crippen LogP contribution in [0.3, 0.4) is 0 Å². The van der Waals surface area contributed by atoms with Crippen molar-refractivity contribution in [2.75, 3.05) is 32.6 Å². The summed E-state index contributed by atoms with van der Waals surface area (Å²) in [6.07, 6.45) is 0. The lowest BCUT2D eigenvalue weighted by atomic mass is 10.4. The van der Waals surface area contributed by atoms with E-state index in [2.05, 4.69) is 29.6 Å². The summed E-state index contributed by atoms with van der Waals surface area (Å²) in [5, 5.41) is 3.04. The second kappa shape index (κ2) is 7.85. The number of hydrogen-bond acceptors (Lipinski definition) is 3. The molecule has 0 aliphatic carbocycles. The fraction of sp³-hybridized carbons (Fsp3) is 0.455. The van der Waals surface area contributed by atoms with Crippen molar-refractivity contribution in [3.63, 3.8) is 0 Å². The van der Waals surface area contributed by atoms with Crippen LogP contribution in [0.5, 0.6) is 0 Å². The Kier molecular flexibility index (Phi) is 6.49. The molecule has 0 heterocycles. The minimum absolute atomic E-state index is 0.797. The first kappa shape index (κ1) is 11.6. The van der Waals surface area contributed by atoms with Gasteiger partial charge in [-0.15, -0.1) is 11.8 Å². The Bertz CT molecular complexity index is 228. The second-order valence-electron chi connectivity index (χ2n) is 2.88. The Hall–Kier alpha value is -0.510. The van der Waals surface area contributed by atoms with Crippen LogP contribution in [-0.2, 0) is 4.74 Å². The van der Waals surface area contributed by atoms with Gasteiger partial charge >= 0.3 is 0 Å². The Morgan fingerprint density at radius 1 is 1.21 bits per heavy atom. The van der Waals surface area contributed by atoms with E-state index in [0.29, 0.717) is 0 Å². The van der Waals surface area contributed by atoms with Crippen LogP contribution in [0.2, 0.25) is 0 Å². The van der Waals surface area contributed by atoms with Gasteiger partial charge in [0.2, 0.25) is 0 Å². The number of benzene rings is 1. The molecule has 1 rings (SSSR count). The second-order valence-corrected chi connectivity index (χ2v) is 4.05. The SMILES string of the molecule is CNCCOCCSc1ccccc1. The number of ether oxygens (including phenoxy) is 1. The lowest BCUT2D eigenvalue weighted by Gasteiger charge is -2.03. The van der Waals surface area contributed by atoms with Gasteiger partial charge in [-0.2, -0.15) is 0 Å². The highest BCUT2D eigenvalue weighted by atomic mass is 32.2. The van der Waals surface area contributed by atoms with Crippen LogP contribution >= 0.6 is 11.8 Å². The summed E-state index contributed by atoms with van der Waals surface area (Å²) >= 11 is 1.83. The van der Waals surface area contributed by atoms with E-state index in [4.69, 9.17) is 4.74 Å². The van der Waals surface area contributed by atoms with E-state index in [1.807, 2.05) is 24.9 Å². The molecule has 0 aliphatic heterocycles. The average molecular weight is 211 g/mol. The molecule has 0 aliphatic rings. The molecular formula is C11H17NOS. The Labute approximate surface area is 90.0 Å². The van der Waals surface area contributed by atoms with Gasteiger partial charge in [0.05, 0.1) is 13.2 Å². The average Bonchev–Trinajstić information content (AvgIpc) is 2.25. The van der Waals surface area contributed by atoms with Gasteiger partial charge in [0.1, 0.15) is 0 Å². The molecule has 1 aromatic carbocycles. The zero-order valence-electron chi connectivity index (χ0n) is 8.53. The van der Waals surface area contributed by atoms with Gasteiger partial charge < -0.3 is 10.1 Å². The fourth-order valence-corrected chi connectivity index (χ4v) is 1.80. The first-order valence-corrected chi connectivity index (χ1v) is 5.82. The van der Waals surface area contributed by atoms with E-state index < -0.39 is 0 Å². The maximum atomic E-state index is 5.41. The molecule has 0 amide bonds. The highest BCUT2D eigenvalue weighted by Gasteiger charge is 1.92. The monoisotopic (exact) mass is 211 g/mol. The number of rotatable bonds is 7.